The third-order valence-corrected chi connectivity index (χ3v) is 2.90. The van der Waals surface area contributed by atoms with Gasteiger partial charge in [-0.15, -0.1) is 10.4 Å². The Hall–Kier alpha value is -4.16. The second kappa shape index (κ2) is 17.5. The van der Waals surface area contributed by atoms with Crippen molar-refractivity contribution >= 4 is 11.8 Å². The summed E-state index contributed by atoms with van der Waals surface area (Å²) in [5.74, 6) is -0.867. The number of carbonyl (C=O) groups is 2. The van der Waals surface area contributed by atoms with Crippen LogP contribution in [0, 0.1) is 0 Å². The van der Waals surface area contributed by atoms with Crippen molar-refractivity contribution in [2.45, 2.75) is 0 Å². The van der Waals surface area contributed by atoms with Crippen molar-refractivity contribution in [2.75, 3.05) is 0 Å². The maximum Gasteiger partial charge on any atom is 2.00 e. The molecule has 4 aromatic rings. The molecule has 0 aromatic carbocycles. The quantitative estimate of drug-likeness (QED) is 0.187. The average molecular weight is 518 g/mol. The number of H-pyrrole nitrogens is 2. The van der Waals surface area contributed by atoms with Crippen molar-refractivity contribution in [1.82, 2.24) is 51.2 Å². The minimum absolute atomic E-state index is 0. The summed E-state index contributed by atoms with van der Waals surface area (Å²) in [4.78, 5) is 37.6. The van der Waals surface area contributed by atoms with Crippen molar-refractivity contribution < 1.29 is 51.0 Å². The monoisotopic (exact) mass is 516 g/mol. The van der Waals surface area contributed by atoms with Gasteiger partial charge in [0.25, 0.3) is 0 Å². The summed E-state index contributed by atoms with van der Waals surface area (Å²) in [6.07, 6.45) is 6.00. The predicted molar refractivity (Wildman–Crippen MR) is 105 cm³/mol. The van der Waals surface area contributed by atoms with Gasteiger partial charge in [-0.2, -0.15) is 0 Å². The van der Waals surface area contributed by atoms with Crippen LogP contribution in [-0.2, 0) is 30.4 Å². The van der Waals surface area contributed by atoms with E-state index in [-0.39, 0.29) is 52.6 Å². The van der Waals surface area contributed by atoms with Crippen LogP contribution in [0.3, 0.4) is 0 Å². The average Bonchev–Trinajstić information content (AvgIpc) is 3.44. The minimum Gasteiger partial charge on any atom is -0.457 e. The van der Waals surface area contributed by atoms with E-state index in [1.165, 1.54) is 12.4 Å². The molecule has 4 rings (SSSR count). The third kappa shape index (κ3) is 10.6. The van der Waals surface area contributed by atoms with Gasteiger partial charge in [0.15, 0.2) is 0 Å². The summed E-state index contributed by atoms with van der Waals surface area (Å²) in [6, 6.07) is 6.54. The third-order valence-electron chi connectivity index (χ3n) is 2.90. The zero-order valence-electron chi connectivity index (χ0n) is 16.8. The molecule has 0 radical (unpaired) electrons. The number of nitrogens with one attached hydrogen (secondary N) is 2. The van der Waals surface area contributed by atoms with Gasteiger partial charge in [0, 0.05) is 35.9 Å². The molecule has 172 valence electrons. The van der Waals surface area contributed by atoms with Crippen molar-refractivity contribution in [3.05, 3.63) is 71.4 Å². The van der Waals surface area contributed by atoms with E-state index in [9.17, 15) is 9.59 Å². The molecule has 0 saturated heterocycles. The minimum atomic E-state index is -0.434. The van der Waals surface area contributed by atoms with E-state index in [1.54, 1.807) is 36.7 Å². The molecule has 4 aromatic heterocycles. The van der Waals surface area contributed by atoms with Crippen molar-refractivity contribution in [3.8, 4) is 0 Å². The zero-order valence-corrected chi connectivity index (χ0v) is 19.7. The first-order valence-corrected chi connectivity index (χ1v) is 7.52. The molecule has 0 aliphatic rings. The molecule has 12 N–H and O–H groups in total. The molecule has 0 unspecified atom stereocenters. The van der Waals surface area contributed by atoms with E-state index in [0.717, 1.165) is 0 Å². The van der Waals surface area contributed by atoms with E-state index in [2.05, 4.69) is 61.2 Å². The number of rotatable bonds is 2. The molecule has 2 amide bonds. The molecule has 0 atom stereocenters. The second-order valence-electron chi connectivity index (χ2n) is 4.77. The fraction of sp³-hybridized carbons (Fsp3) is 0. The number of amides is 2. The zero-order chi connectivity index (χ0) is 19.6. The van der Waals surface area contributed by atoms with Crippen LogP contribution in [-0.4, -0.2) is 63.8 Å². The van der Waals surface area contributed by atoms with Gasteiger partial charge in [0.1, 0.15) is 11.2 Å². The molecular formula is C14H20N12O6Zn+2. The summed E-state index contributed by atoms with van der Waals surface area (Å²) in [5.41, 5.74) is 0.950. The standard InChI is InChI=1S/2C7H6N6O.4H2O.Zn/c2*14-6(5-2-1-3-8-4-5)9-7-10-12-13-11-7;;;;;/h2*1-4H,(H2,9,10,11,12,13,14);4*1H2;/q;;;;;;+2. The van der Waals surface area contributed by atoms with Gasteiger partial charge in [0.2, 0.25) is 11.8 Å². The van der Waals surface area contributed by atoms with E-state index in [1.807, 2.05) is 0 Å². The van der Waals surface area contributed by atoms with Crippen molar-refractivity contribution in [2.24, 2.45) is 9.98 Å². The van der Waals surface area contributed by atoms with Gasteiger partial charge in [-0.3, -0.25) is 29.5 Å². The molecule has 33 heavy (non-hydrogen) atoms. The summed E-state index contributed by atoms with van der Waals surface area (Å²) in [6.45, 7) is 0. The van der Waals surface area contributed by atoms with Crippen LogP contribution >= 0.6 is 0 Å². The second-order valence-corrected chi connectivity index (χ2v) is 4.77. The number of tetrazole rings is 2. The molecule has 4 heterocycles. The molecule has 0 fully saturated rings. The van der Waals surface area contributed by atoms with Gasteiger partial charge < -0.3 is 32.1 Å². The van der Waals surface area contributed by atoms with Gasteiger partial charge in [-0.05, 0) is 24.3 Å². The van der Waals surface area contributed by atoms with Crippen molar-refractivity contribution in [3.63, 3.8) is 0 Å². The number of pyridine rings is 2. The van der Waals surface area contributed by atoms with Crippen LogP contribution in [0.25, 0.3) is 0 Å². The molecule has 18 nitrogen and oxygen atoms in total. The van der Waals surface area contributed by atoms with Crippen LogP contribution in [0.2, 0.25) is 0 Å². The molecule has 0 spiro atoms. The van der Waals surface area contributed by atoms with Crippen molar-refractivity contribution in [1.29, 1.82) is 0 Å². The Bertz CT molecular complexity index is 1050. The molecule has 0 bridgehead atoms. The van der Waals surface area contributed by atoms with E-state index >= 15 is 0 Å². The van der Waals surface area contributed by atoms with Crippen LogP contribution in [0.4, 0.5) is 0 Å². The number of nitrogens with zero attached hydrogens (tertiary/aromatic N) is 10. The molecule has 0 aliphatic heterocycles. The normalized spacial score (nSPS) is 9.82. The summed E-state index contributed by atoms with van der Waals surface area (Å²) >= 11 is 0. The number of aromatic amines is 2. The Kier molecular flexibility index (Phi) is 17.8. The molecule has 19 heteroatoms. The molecule has 0 aliphatic carbocycles. The first-order chi connectivity index (χ1) is 13.7. The van der Waals surface area contributed by atoms with E-state index in [0.29, 0.717) is 11.1 Å². The Morgan fingerprint density at radius 2 is 1.15 bits per heavy atom. The SMILES string of the molecule is O.O.O=C(N=c1[n-]nn[nH]1)c1cccnc1.O=C(N=c1[n-]nn[nH]1)c1cccnc1.[OH3+].[OH3+].[Zn+2]. The number of hydrogen-bond acceptors (Lipinski definition) is 8. The fourth-order valence-corrected chi connectivity index (χ4v) is 1.70. The van der Waals surface area contributed by atoms with E-state index < -0.39 is 11.8 Å². The summed E-state index contributed by atoms with van der Waals surface area (Å²) in [5, 5.41) is 24.8. The smallest absolute Gasteiger partial charge is 0.457 e. The van der Waals surface area contributed by atoms with Gasteiger partial charge in [0.05, 0.1) is 0 Å². The predicted octanol–water partition coefficient (Wildman–Crippen LogP) is -5.70. The van der Waals surface area contributed by atoms with Crippen LogP contribution in [0.5, 0.6) is 0 Å². The van der Waals surface area contributed by atoms with Gasteiger partial charge in [-0.25, -0.2) is 20.6 Å². The van der Waals surface area contributed by atoms with Crippen LogP contribution in [0.1, 0.15) is 20.7 Å². The van der Waals surface area contributed by atoms with E-state index in [4.69, 9.17) is 0 Å². The maximum atomic E-state index is 11.4. The fourth-order valence-electron chi connectivity index (χ4n) is 1.70. The summed E-state index contributed by atoms with van der Waals surface area (Å²) in [7, 11) is 0. The molecular weight excluding hydrogens is 498 g/mol. The van der Waals surface area contributed by atoms with Crippen LogP contribution in [0.15, 0.2) is 59.0 Å². The molecule has 0 saturated carbocycles. The first kappa shape index (κ1) is 33.5. The topological polar surface area (TPSA) is 325 Å². The van der Waals surface area contributed by atoms with Gasteiger partial charge >= 0.3 is 19.5 Å². The Morgan fingerprint density at radius 1 is 0.758 bits per heavy atom. The van der Waals surface area contributed by atoms with Gasteiger partial charge in [-0.1, -0.05) is 0 Å². The number of aromatic nitrogens is 10. The largest absolute Gasteiger partial charge is 2.00 e. The first-order valence-electron chi connectivity index (χ1n) is 7.52. The Labute approximate surface area is 195 Å². The Morgan fingerprint density at radius 3 is 1.42 bits per heavy atom. The van der Waals surface area contributed by atoms with Crippen LogP contribution < -0.4 is 21.4 Å². The Balaban J connectivity index is -0.000000474. The number of carbonyl (C=O) groups excluding carboxylic acids is 2. The number of hydrogen-bond donors (Lipinski definition) is 2. The summed E-state index contributed by atoms with van der Waals surface area (Å²) < 4.78 is 0. The maximum absolute atomic E-state index is 11.4.